The highest BCUT2D eigenvalue weighted by Crippen LogP contribution is 2.19. The standard InChI is InChI=1S/C16H28FN3/c1-7-11(2)12(3)20-15-14(17)13(8-9-18-15)10-19-16(4,5)6/h8-9,11-12,19H,7,10H2,1-6H3,(H,18,20). The van der Waals surface area contributed by atoms with Crippen LogP contribution < -0.4 is 10.6 Å². The van der Waals surface area contributed by atoms with Crippen molar-refractivity contribution in [1.82, 2.24) is 10.3 Å². The van der Waals surface area contributed by atoms with E-state index in [9.17, 15) is 4.39 Å². The number of nitrogens with one attached hydrogen (secondary N) is 2. The van der Waals surface area contributed by atoms with E-state index in [0.29, 0.717) is 23.8 Å². The van der Waals surface area contributed by atoms with E-state index < -0.39 is 0 Å². The van der Waals surface area contributed by atoms with Crippen molar-refractivity contribution >= 4 is 5.82 Å². The van der Waals surface area contributed by atoms with Gasteiger partial charge in [-0.1, -0.05) is 20.3 Å². The van der Waals surface area contributed by atoms with Gasteiger partial charge < -0.3 is 10.6 Å². The Morgan fingerprint density at radius 3 is 2.50 bits per heavy atom. The van der Waals surface area contributed by atoms with Crippen molar-refractivity contribution in [3.63, 3.8) is 0 Å². The molecule has 2 unspecified atom stereocenters. The first kappa shape index (κ1) is 16.9. The Bertz CT molecular complexity index is 426. The van der Waals surface area contributed by atoms with E-state index in [0.717, 1.165) is 6.42 Å². The van der Waals surface area contributed by atoms with Crippen LogP contribution in [-0.4, -0.2) is 16.6 Å². The quantitative estimate of drug-likeness (QED) is 0.829. The molecule has 4 heteroatoms. The summed E-state index contributed by atoms with van der Waals surface area (Å²) in [6.45, 7) is 13.1. The third-order valence-corrected chi connectivity index (χ3v) is 3.64. The van der Waals surface area contributed by atoms with E-state index in [2.05, 4.69) is 57.2 Å². The lowest BCUT2D eigenvalue weighted by Gasteiger charge is -2.23. The summed E-state index contributed by atoms with van der Waals surface area (Å²) < 4.78 is 14.4. The molecule has 0 aromatic carbocycles. The molecule has 0 saturated carbocycles. The Hall–Kier alpha value is -1.16. The predicted molar refractivity (Wildman–Crippen MR) is 83.3 cm³/mol. The molecule has 0 bridgehead atoms. The van der Waals surface area contributed by atoms with Crippen LogP contribution in [0.25, 0.3) is 0 Å². The normalized spacial score (nSPS) is 14.9. The Morgan fingerprint density at radius 2 is 1.95 bits per heavy atom. The van der Waals surface area contributed by atoms with E-state index in [-0.39, 0.29) is 17.4 Å². The number of pyridine rings is 1. The van der Waals surface area contributed by atoms with Crippen LogP contribution in [-0.2, 0) is 6.54 Å². The van der Waals surface area contributed by atoms with Gasteiger partial charge in [0.25, 0.3) is 0 Å². The molecule has 0 fully saturated rings. The number of halogens is 1. The minimum absolute atomic E-state index is 0.0344. The van der Waals surface area contributed by atoms with Gasteiger partial charge in [-0.05, 0) is 39.7 Å². The van der Waals surface area contributed by atoms with Crippen molar-refractivity contribution in [2.45, 2.75) is 66.1 Å². The molecule has 0 aliphatic rings. The van der Waals surface area contributed by atoms with Gasteiger partial charge in [0, 0.05) is 29.9 Å². The summed E-state index contributed by atoms with van der Waals surface area (Å²) >= 11 is 0. The highest BCUT2D eigenvalue weighted by Gasteiger charge is 2.16. The highest BCUT2D eigenvalue weighted by atomic mass is 19.1. The monoisotopic (exact) mass is 281 g/mol. The van der Waals surface area contributed by atoms with E-state index in [1.165, 1.54) is 0 Å². The van der Waals surface area contributed by atoms with E-state index in [4.69, 9.17) is 0 Å². The van der Waals surface area contributed by atoms with E-state index in [1.807, 2.05) is 0 Å². The van der Waals surface area contributed by atoms with Crippen LogP contribution in [0, 0.1) is 11.7 Å². The minimum Gasteiger partial charge on any atom is -0.365 e. The fourth-order valence-corrected chi connectivity index (χ4v) is 1.79. The zero-order chi connectivity index (χ0) is 15.3. The van der Waals surface area contributed by atoms with Crippen molar-refractivity contribution < 1.29 is 4.39 Å². The maximum absolute atomic E-state index is 14.4. The molecule has 0 spiro atoms. The summed E-state index contributed by atoms with van der Waals surface area (Å²) in [6, 6.07) is 1.93. The lowest BCUT2D eigenvalue weighted by atomic mass is 10.0. The molecule has 0 saturated heterocycles. The molecule has 0 amide bonds. The second-order valence-electron chi connectivity index (χ2n) is 6.55. The van der Waals surface area contributed by atoms with Gasteiger partial charge >= 0.3 is 0 Å². The van der Waals surface area contributed by atoms with Gasteiger partial charge in [-0.3, -0.25) is 0 Å². The molecule has 0 aliphatic carbocycles. The number of rotatable bonds is 6. The first-order valence-corrected chi connectivity index (χ1v) is 7.39. The van der Waals surface area contributed by atoms with Crippen LogP contribution >= 0.6 is 0 Å². The fraction of sp³-hybridized carbons (Fsp3) is 0.688. The highest BCUT2D eigenvalue weighted by molar-refractivity contribution is 5.40. The molecule has 1 aromatic heterocycles. The first-order chi connectivity index (χ1) is 9.24. The third kappa shape index (κ3) is 5.08. The van der Waals surface area contributed by atoms with Crippen molar-refractivity contribution in [3.8, 4) is 0 Å². The smallest absolute Gasteiger partial charge is 0.169 e. The molecule has 1 rings (SSSR count). The average molecular weight is 281 g/mol. The summed E-state index contributed by atoms with van der Waals surface area (Å²) in [7, 11) is 0. The molecule has 2 N–H and O–H groups in total. The Labute approximate surface area is 122 Å². The van der Waals surface area contributed by atoms with Gasteiger partial charge in [-0.2, -0.15) is 0 Å². The summed E-state index contributed by atoms with van der Waals surface area (Å²) in [6.07, 6.45) is 2.72. The zero-order valence-corrected chi connectivity index (χ0v) is 13.5. The number of hydrogen-bond acceptors (Lipinski definition) is 3. The van der Waals surface area contributed by atoms with Crippen LogP contribution in [0.4, 0.5) is 10.2 Å². The van der Waals surface area contributed by atoms with Crippen LogP contribution in [0.5, 0.6) is 0 Å². The lowest BCUT2D eigenvalue weighted by molar-refractivity contribution is 0.418. The number of anilines is 1. The molecule has 1 aromatic rings. The SMILES string of the molecule is CCC(C)C(C)Nc1nccc(CNC(C)(C)C)c1F. The van der Waals surface area contributed by atoms with Gasteiger partial charge in [0.1, 0.15) is 0 Å². The molecule has 114 valence electrons. The summed E-state index contributed by atoms with van der Waals surface area (Å²) in [4.78, 5) is 4.13. The van der Waals surface area contributed by atoms with E-state index >= 15 is 0 Å². The van der Waals surface area contributed by atoms with Gasteiger partial charge in [-0.15, -0.1) is 0 Å². The topological polar surface area (TPSA) is 37.0 Å². The largest absolute Gasteiger partial charge is 0.365 e. The second kappa shape index (κ2) is 7.02. The van der Waals surface area contributed by atoms with Crippen LogP contribution in [0.15, 0.2) is 12.3 Å². The molecule has 1 heterocycles. The molecule has 0 aliphatic heterocycles. The summed E-state index contributed by atoms with van der Waals surface area (Å²) in [5.74, 6) is 0.581. The Kier molecular flexibility index (Phi) is 5.93. The molecule has 3 nitrogen and oxygen atoms in total. The van der Waals surface area contributed by atoms with Crippen molar-refractivity contribution in [2.24, 2.45) is 5.92 Å². The summed E-state index contributed by atoms with van der Waals surface area (Å²) in [5, 5.41) is 6.48. The second-order valence-corrected chi connectivity index (χ2v) is 6.55. The number of nitrogens with zero attached hydrogens (tertiary/aromatic N) is 1. The predicted octanol–water partition coefficient (Wildman–Crippen LogP) is 3.96. The average Bonchev–Trinajstić information content (AvgIpc) is 2.37. The lowest BCUT2D eigenvalue weighted by Crippen LogP contribution is -2.35. The van der Waals surface area contributed by atoms with Crippen LogP contribution in [0.3, 0.4) is 0 Å². The minimum atomic E-state index is -0.251. The van der Waals surface area contributed by atoms with Crippen molar-refractivity contribution in [1.29, 1.82) is 0 Å². The first-order valence-electron chi connectivity index (χ1n) is 7.39. The molecule has 20 heavy (non-hydrogen) atoms. The summed E-state index contributed by atoms with van der Waals surface area (Å²) in [5.41, 5.74) is 0.613. The maximum Gasteiger partial charge on any atom is 0.169 e. The molecule has 2 atom stereocenters. The van der Waals surface area contributed by atoms with Crippen molar-refractivity contribution in [2.75, 3.05) is 5.32 Å². The van der Waals surface area contributed by atoms with Crippen LogP contribution in [0.1, 0.15) is 53.5 Å². The van der Waals surface area contributed by atoms with Gasteiger partial charge in [0.15, 0.2) is 11.6 Å². The van der Waals surface area contributed by atoms with E-state index in [1.54, 1.807) is 12.3 Å². The molecular formula is C16H28FN3. The van der Waals surface area contributed by atoms with Gasteiger partial charge in [0.2, 0.25) is 0 Å². The molecule has 0 radical (unpaired) electrons. The number of aromatic nitrogens is 1. The zero-order valence-electron chi connectivity index (χ0n) is 13.5. The van der Waals surface area contributed by atoms with Gasteiger partial charge in [-0.25, -0.2) is 9.37 Å². The van der Waals surface area contributed by atoms with Gasteiger partial charge in [0.05, 0.1) is 0 Å². The Morgan fingerprint density at radius 1 is 1.30 bits per heavy atom. The maximum atomic E-state index is 14.4. The Balaban J connectivity index is 2.79. The molecular weight excluding hydrogens is 253 g/mol. The third-order valence-electron chi connectivity index (χ3n) is 3.64. The fourth-order valence-electron chi connectivity index (χ4n) is 1.79. The van der Waals surface area contributed by atoms with Crippen molar-refractivity contribution in [3.05, 3.63) is 23.6 Å². The number of hydrogen-bond donors (Lipinski definition) is 2. The van der Waals surface area contributed by atoms with Crippen LogP contribution in [0.2, 0.25) is 0 Å².